The van der Waals surface area contributed by atoms with Crippen LogP contribution in [-0.4, -0.2) is 4.98 Å². The first-order valence-corrected chi connectivity index (χ1v) is 4.06. The van der Waals surface area contributed by atoms with Crippen LogP contribution >= 0.6 is 11.6 Å². The highest BCUT2D eigenvalue weighted by Gasteiger charge is 1.96. The van der Waals surface area contributed by atoms with Gasteiger partial charge in [0.1, 0.15) is 5.15 Å². The molecule has 1 rings (SSSR count). The third kappa shape index (κ3) is 2.77. The van der Waals surface area contributed by atoms with Crippen LogP contribution in [-0.2, 0) is 0 Å². The number of nitrogen functional groups attached to an aromatic ring is 1. The summed E-state index contributed by atoms with van der Waals surface area (Å²) in [4.78, 5) is 3.87. The van der Waals surface area contributed by atoms with Crippen LogP contribution in [0.1, 0.15) is 12.0 Å². The molecule has 4 heteroatoms. The number of nitrogens with two attached hydrogens (primary N) is 1. The monoisotopic (exact) mass is 193 g/mol. The van der Waals surface area contributed by atoms with E-state index in [0.717, 1.165) is 5.56 Å². The highest BCUT2D eigenvalue weighted by atomic mass is 35.5. The molecule has 0 saturated heterocycles. The van der Waals surface area contributed by atoms with Crippen molar-refractivity contribution >= 4 is 23.4 Å². The van der Waals surface area contributed by atoms with E-state index in [0.29, 0.717) is 17.3 Å². The molecule has 0 aromatic carbocycles. The molecule has 3 nitrogen and oxygen atoms in total. The van der Waals surface area contributed by atoms with Crippen molar-refractivity contribution in [3.05, 3.63) is 29.1 Å². The lowest BCUT2D eigenvalue weighted by Gasteiger charge is -1.98. The van der Waals surface area contributed by atoms with Crippen LogP contribution in [0.5, 0.6) is 0 Å². The Bertz CT molecular complexity index is 366. The van der Waals surface area contributed by atoms with Gasteiger partial charge in [0, 0.05) is 17.4 Å². The van der Waals surface area contributed by atoms with Gasteiger partial charge in [-0.05, 0) is 6.07 Å². The molecule has 1 heterocycles. The quantitative estimate of drug-likeness (QED) is 0.733. The van der Waals surface area contributed by atoms with Gasteiger partial charge in [0.2, 0.25) is 0 Å². The summed E-state index contributed by atoms with van der Waals surface area (Å²) in [5, 5.41) is 8.66. The number of nitriles is 1. The SMILES string of the molecule is N#CCC=Cc1cnc(Cl)cc1N. The first-order valence-electron chi connectivity index (χ1n) is 3.68. The molecule has 0 amide bonds. The van der Waals surface area contributed by atoms with Gasteiger partial charge in [-0.2, -0.15) is 5.26 Å². The van der Waals surface area contributed by atoms with Gasteiger partial charge < -0.3 is 5.73 Å². The maximum atomic E-state index is 8.29. The van der Waals surface area contributed by atoms with E-state index in [1.165, 1.54) is 0 Å². The Labute approximate surface area is 81.5 Å². The van der Waals surface area contributed by atoms with Crippen LogP contribution < -0.4 is 5.73 Å². The zero-order chi connectivity index (χ0) is 9.68. The number of pyridine rings is 1. The number of allylic oxidation sites excluding steroid dienone is 1. The minimum atomic E-state index is 0.363. The number of nitrogens with zero attached hydrogens (tertiary/aromatic N) is 2. The van der Waals surface area contributed by atoms with Gasteiger partial charge in [-0.3, -0.25) is 0 Å². The van der Waals surface area contributed by atoms with Gasteiger partial charge in [0.05, 0.1) is 12.5 Å². The topological polar surface area (TPSA) is 62.7 Å². The van der Waals surface area contributed by atoms with Crippen LogP contribution in [0.15, 0.2) is 18.3 Å². The van der Waals surface area contributed by atoms with Crippen molar-refractivity contribution < 1.29 is 0 Å². The van der Waals surface area contributed by atoms with Crippen molar-refractivity contribution in [2.24, 2.45) is 0 Å². The molecule has 0 unspecified atom stereocenters. The molecule has 0 radical (unpaired) electrons. The van der Waals surface area contributed by atoms with E-state index < -0.39 is 0 Å². The Morgan fingerprint density at radius 2 is 2.46 bits per heavy atom. The molecule has 0 atom stereocenters. The van der Waals surface area contributed by atoms with Crippen molar-refractivity contribution in [1.29, 1.82) is 5.26 Å². The lowest BCUT2D eigenvalue weighted by molar-refractivity contribution is 1.31. The van der Waals surface area contributed by atoms with E-state index in [1.807, 2.05) is 6.07 Å². The number of rotatable bonds is 2. The van der Waals surface area contributed by atoms with E-state index in [2.05, 4.69) is 4.98 Å². The maximum Gasteiger partial charge on any atom is 0.131 e. The zero-order valence-corrected chi connectivity index (χ0v) is 7.62. The predicted octanol–water partition coefficient (Wildman–Crippen LogP) is 2.24. The molecule has 0 aliphatic rings. The van der Waals surface area contributed by atoms with Crippen molar-refractivity contribution in [3.63, 3.8) is 0 Å². The maximum absolute atomic E-state index is 8.29. The summed E-state index contributed by atoms with van der Waals surface area (Å²) in [6.45, 7) is 0. The van der Waals surface area contributed by atoms with Gasteiger partial charge in [0.25, 0.3) is 0 Å². The van der Waals surface area contributed by atoms with E-state index in [4.69, 9.17) is 22.6 Å². The Hall–Kier alpha value is -1.53. The molecule has 0 bridgehead atoms. The summed E-state index contributed by atoms with van der Waals surface area (Å²) in [6, 6.07) is 3.57. The lowest BCUT2D eigenvalue weighted by atomic mass is 10.2. The van der Waals surface area contributed by atoms with Crippen LogP contribution in [0.3, 0.4) is 0 Å². The molecule has 13 heavy (non-hydrogen) atoms. The first kappa shape index (κ1) is 9.56. The number of anilines is 1. The molecular weight excluding hydrogens is 186 g/mol. The van der Waals surface area contributed by atoms with Crippen LogP contribution in [0.25, 0.3) is 6.08 Å². The average Bonchev–Trinajstić information content (AvgIpc) is 2.09. The smallest absolute Gasteiger partial charge is 0.131 e. The fourth-order valence-corrected chi connectivity index (χ4v) is 0.999. The molecule has 0 spiro atoms. The second-order valence-electron chi connectivity index (χ2n) is 2.40. The van der Waals surface area contributed by atoms with Crippen molar-refractivity contribution in [1.82, 2.24) is 4.98 Å². The summed E-state index contributed by atoms with van der Waals surface area (Å²) >= 11 is 5.61. The fraction of sp³-hybridized carbons (Fsp3) is 0.111. The number of hydrogen-bond acceptors (Lipinski definition) is 3. The third-order valence-corrected chi connectivity index (χ3v) is 1.65. The highest BCUT2D eigenvalue weighted by Crippen LogP contribution is 2.16. The normalized spacial score (nSPS) is 10.2. The molecule has 0 aliphatic heterocycles. The largest absolute Gasteiger partial charge is 0.398 e. The Morgan fingerprint density at radius 1 is 1.69 bits per heavy atom. The number of aromatic nitrogens is 1. The Balaban J connectivity index is 2.85. The second-order valence-corrected chi connectivity index (χ2v) is 2.79. The summed E-state index contributed by atoms with van der Waals surface area (Å²) in [7, 11) is 0. The van der Waals surface area contributed by atoms with Crippen molar-refractivity contribution in [2.75, 3.05) is 5.73 Å². The predicted molar refractivity (Wildman–Crippen MR) is 52.9 cm³/mol. The third-order valence-electron chi connectivity index (χ3n) is 1.44. The van der Waals surface area contributed by atoms with Crippen LogP contribution in [0.4, 0.5) is 5.69 Å². The molecule has 1 aromatic heterocycles. The molecule has 66 valence electrons. The van der Waals surface area contributed by atoms with Gasteiger partial charge in [-0.1, -0.05) is 23.8 Å². The van der Waals surface area contributed by atoms with Gasteiger partial charge in [0.15, 0.2) is 0 Å². The van der Waals surface area contributed by atoms with E-state index >= 15 is 0 Å². The summed E-state index contributed by atoms with van der Waals surface area (Å²) < 4.78 is 0. The molecule has 0 aliphatic carbocycles. The Kier molecular flexibility index (Phi) is 3.30. The van der Waals surface area contributed by atoms with Crippen molar-refractivity contribution in [3.8, 4) is 6.07 Å². The van der Waals surface area contributed by atoms with Crippen LogP contribution in [0, 0.1) is 11.3 Å². The van der Waals surface area contributed by atoms with Gasteiger partial charge >= 0.3 is 0 Å². The minimum Gasteiger partial charge on any atom is -0.398 e. The average molecular weight is 194 g/mol. The van der Waals surface area contributed by atoms with E-state index in [-0.39, 0.29) is 0 Å². The highest BCUT2D eigenvalue weighted by molar-refractivity contribution is 6.29. The molecule has 0 saturated carbocycles. The zero-order valence-electron chi connectivity index (χ0n) is 6.87. The molecule has 1 aromatic rings. The summed E-state index contributed by atoms with van der Waals surface area (Å²) in [6.07, 6.45) is 5.41. The molecular formula is C9H8ClN3. The van der Waals surface area contributed by atoms with Crippen LogP contribution in [0.2, 0.25) is 5.15 Å². The lowest BCUT2D eigenvalue weighted by Crippen LogP contribution is -1.90. The minimum absolute atomic E-state index is 0.363. The second kappa shape index (κ2) is 4.48. The number of halogens is 1. The molecule has 0 fully saturated rings. The standard InChI is InChI=1S/C9H8ClN3/c10-9-5-8(12)7(6-13-9)3-1-2-4-11/h1,3,5-6H,2H2,(H2,12,13). The van der Waals surface area contributed by atoms with E-state index in [1.54, 1.807) is 24.4 Å². The summed E-state index contributed by atoms with van der Waals surface area (Å²) in [5.74, 6) is 0. The van der Waals surface area contributed by atoms with Crippen molar-refractivity contribution in [2.45, 2.75) is 6.42 Å². The fourth-order valence-electron chi connectivity index (χ4n) is 0.833. The van der Waals surface area contributed by atoms with E-state index in [9.17, 15) is 0 Å². The molecule has 2 N–H and O–H groups in total. The number of hydrogen-bond donors (Lipinski definition) is 1. The van der Waals surface area contributed by atoms with Gasteiger partial charge in [-0.25, -0.2) is 4.98 Å². The Morgan fingerprint density at radius 3 is 3.08 bits per heavy atom. The first-order chi connectivity index (χ1) is 6.24. The van der Waals surface area contributed by atoms with Gasteiger partial charge in [-0.15, -0.1) is 0 Å². The summed E-state index contributed by atoms with van der Waals surface area (Å²) in [5.41, 5.74) is 6.99.